The Balaban J connectivity index is 1.58. The highest BCUT2D eigenvalue weighted by Gasteiger charge is 2.32. The second kappa shape index (κ2) is 9.44. The van der Waals surface area contributed by atoms with Crippen LogP contribution in [0.5, 0.6) is 5.75 Å². The molecule has 32 heavy (non-hydrogen) atoms. The molecule has 3 aromatic rings. The van der Waals surface area contributed by atoms with E-state index in [-0.39, 0.29) is 11.8 Å². The molecule has 0 aliphatic heterocycles. The molecule has 1 aliphatic carbocycles. The van der Waals surface area contributed by atoms with Crippen molar-refractivity contribution in [3.8, 4) is 11.4 Å². The first kappa shape index (κ1) is 21.9. The van der Waals surface area contributed by atoms with Gasteiger partial charge in [0, 0.05) is 18.5 Å². The van der Waals surface area contributed by atoms with Crippen molar-refractivity contribution in [3.63, 3.8) is 0 Å². The third-order valence-electron chi connectivity index (χ3n) is 5.04. The molecule has 0 saturated heterocycles. The number of aromatic nitrogens is 3. The summed E-state index contributed by atoms with van der Waals surface area (Å²) in [6.07, 6.45) is 2.13. The number of hydrogen-bond donors (Lipinski definition) is 2. The summed E-state index contributed by atoms with van der Waals surface area (Å²) < 4.78 is 7.31. The number of amides is 2. The summed E-state index contributed by atoms with van der Waals surface area (Å²) >= 11 is 1.34. The molecule has 2 N–H and O–H groups in total. The van der Waals surface area contributed by atoms with Crippen molar-refractivity contribution < 1.29 is 14.3 Å². The molecule has 4 rings (SSSR count). The molecule has 1 saturated carbocycles. The Hall–Kier alpha value is -3.33. The molecule has 1 atom stereocenters. The van der Waals surface area contributed by atoms with Gasteiger partial charge in [-0.25, -0.2) is 0 Å². The third-order valence-corrected chi connectivity index (χ3v) is 6.08. The summed E-state index contributed by atoms with van der Waals surface area (Å²) in [7, 11) is 1.57. The van der Waals surface area contributed by atoms with E-state index in [0.29, 0.717) is 28.2 Å². The number of anilines is 2. The van der Waals surface area contributed by atoms with Crippen molar-refractivity contribution in [1.29, 1.82) is 0 Å². The zero-order valence-corrected chi connectivity index (χ0v) is 19.0. The molecular formula is C23H25N5O3S. The number of benzene rings is 2. The molecule has 0 bridgehead atoms. The van der Waals surface area contributed by atoms with Crippen molar-refractivity contribution in [2.45, 2.75) is 43.0 Å². The van der Waals surface area contributed by atoms with E-state index >= 15 is 0 Å². The van der Waals surface area contributed by atoms with Gasteiger partial charge < -0.3 is 15.4 Å². The molecule has 0 spiro atoms. The number of nitrogens with zero attached hydrogens (tertiary/aromatic N) is 3. The van der Waals surface area contributed by atoms with Gasteiger partial charge >= 0.3 is 0 Å². The van der Waals surface area contributed by atoms with Crippen molar-refractivity contribution in [1.82, 2.24) is 14.8 Å². The van der Waals surface area contributed by atoms with Crippen LogP contribution in [0, 0.1) is 0 Å². The van der Waals surface area contributed by atoms with Crippen LogP contribution in [-0.2, 0) is 9.59 Å². The zero-order chi connectivity index (χ0) is 22.7. The summed E-state index contributed by atoms with van der Waals surface area (Å²) in [6.45, 7) is 3.31. The lowest BCUT2D eigenvalue weighted by molar-refractivity contribution is -0.115. The fourth-order valence-electron chi connectivity index (χ4n) is 3.33. The highest BCUT2D eigenvalue weighted by molar-refractivity contribution is 8.00. The Morgan fingerprint density at radius 1 is 1.12 bits per heavy atom. The Morgan fingerprint density at radius 3 is 2.62 bits per heavy atom. The molecular weight excluding hydrogens is 426 g/mol. The predicted molar refractivity (Wildman–Crippen MR) is 125 cm³/mol. The fourth-order valence-corrected chi connectivity index (χ4v) is 4.20. The second-order valence-corrected chi connectivity index (χ2v) is 8.94. The number of carbonyl (C=O) groups excluding carboxylic acids is 2. The molecule has 166 valence electrons. The second-order valence-electron chi connectivity index (χ2n) is 7.63. The lowest BCUT2D eigenvalue weighted by atomic mass is 10.2. The lowest BCUT2D eigenvalue weighted by Crippen LogP contribution is -2.23. The SMILES string of the molecule is COc1ccccc1NC(=O)C(C)Sc1nnc(C2CC2)n1-c1cccc(NC(C)=O)c1. The van der Waals surface area contributed by atoms with Crippen LogP contribution in [0.15, 0.2) is 53.7 Å². The average Bonchev–Trinajstić information content (AvgIpc) is 3.54. The molecule has 2 aromatic carbocycles. The van der Waals surface area contributed by atoms with Crippen LogP contribution in [0.3, 0.4) is 0 Å². The first-order valence-corrected chi connectivity index (χ1v) is 11.3. The number of nitrogens with one attached hydrogen (secondary N) is 2. The van der Waals surface area contributed by atoms with E-state index in [1.807, 2.05) is 47.9 Å². The van der Waals surface area contributed by atoms with Crippen LogP contribution in [-0.4, -0.2) is 38.9 Å². The third kappa shape index (κ3) is 4.94. The van der Waals surface area contributed by atoms with Crippen LogP contribution >= 0.6 is 11.8 Å². The number of ether oxygens (including phenoxy) is 1. The van der Waals surface area contributed by atoms with Crippen LogP contribution in [0.25, 0.3) is 5.69 Å². The smallest absolute Gasteiger partial charge is 0.237 e. The minimum Gasteiger partial charge on any atom is -0.495 e. The van der Waals surface area contributed by atoms with E-state index in [4.69, 9.17) is 4.74 Å². The predicted octanol–water partition coefficient (Wildman–Crippen LogP) is 4.23. The van der Waals surface area contributed by atoms with Gasteiger partial charge in [-0.15, -0.1) is 10.2 Å². The van der Waals surface area contributed by atoms with Gasteiger partial charge in [0.2, 0.25) is 11.8 Å². The van der Waals surface area contributed by atoms with Crippen LogP contribution in [0.2, 0.25) is 0 Å². The number of hydrogen-bond acceptors (Lipinski definition) is 6. The van der Waals surface area contributed by atoms with Crippen molar-refractivity contribution >= 4 is 35.0 Å². The quantitative estimate of drug-likeness (QED) is 0.498. The molecule has 8 nitrogen and oxygen atoms in total. The normalized spacial score (nSPS) is 14.0. The van der Waals surface area contributed by atoms with Crippen LogP contribution in [0.1, 0.15) is 38.4 Å². The van der Waals surface area contributed by atoms with Gasteiger partial charge in [0.25, 0.3) is 0 Å². The molecule has 1 aromatic heterocycles. The van der Waals surface area contributed by atoms with E-state index in [1.54, 1.807) is 19.2 Å². The number of thioether (sulfide) groups is 1. The standard InChI is InChI=1S/C23H25N5O3S/c1-14(22(30)25-19-9-4-5-10-20(19)31-3)32-23-27-26-21(16-11-12-16)28(23)18-8-6-7-17(13-18)24-15(2)29/h4-10,13-14,16H,11-12H2,1-3H3,(H,24,29)(H,25,30). The first-order chi connectivity index (χ1) is 15.5. The van der Waals surface area contributed by atoms with Crippen molar-refractivity contribution in [2.24, 2.45) is 0 Å². The first-order valence-electron chi connectivity index (χ1n) is 10.4. The largest absolute Gasteiger partial charge is 0.495 e. The van der Waals surface area contributed by atoms with E-state index in [0.717, 1.165) is 24.4 Å². The zero-order valence-electron chi connectivity index (χ0n) is 18.2. The number of para-hydroxylation sites is 2. The van der Waals surface area contributed by atoms with Gasteiger partial charge in [-0.05, 0) is 50.1 Å². The summed E-state index contributed by atoms with van der Waals surface area (Å²) in [5, 5.41) is 14.8. The van der Waals surface area contributed by atoms with Crippen LogP contribution < -0.4 is 15.4 Å². The summed E-state index contributed by atoms with van der Waals surface area (Å²) in [6, 6.07) is 14.8. The van der Waals surface area contributed by atoms with Gasteiger partial charge in [0.05, 0.1) is 23.7 Å². The number of carbonyl (C=O) groups is 2. The number of methoxy groups -OCH3 is 1. The summed E-state index contributed by atoms with van der Waals surface area (Å²) in [5.41, 5.74) is 2.17. The van der Waals surface area contributed by atoms with Gasteiger partial charge in [-0.1, -0.05) is 30.0 Å². The van der Waals surface area contributed by atoms with Crippen molar-refractivity contribution in [2.75, 3.05) is 17.7 Å². The molecule has 2 amide bonds. The van der Waals surface area contributed by atoms with E-state index < -0.39 is 5.25 Å². The maximum atomic E-state index is 12.9. The average molecular weight is 452 g/mol. The van der Waals surface area contributed by atoms with Crippen molar-refractivity contribution in [3.05, 3.63) is 54.4 Å². The molecule has 1 fully saturated rings. The Morgan fingerprint density at radius 2 is 1.91 bits per heavy atom. The highest BCUT2D eigenvalue weighted by atomic mass is 32.2. The minimum absolute atomic E-state index is 0.135. The molecule has 0 radical (unpaired) electrons. The Labute approximate surface area is 190 Å². The Kier molecular flexibility index (Phi) is 6.45. The van der Waals surface area contributed by atoms with E-state index in [9.17, 15) is 9.59 Å². The fraction of sp³-hybridized carbons (Fsp3) is 0.304. The maximum absolute atomic E-state index is 12.9. The lowest BCUT2D eigenvalue weighted by Gasteiger charge is -2.15. The molecule has 1 heterocycles. The van der Waals surface area contributed by atoms with Gasteiger partial charge in [-0.3, -0.25) is 14.2 Å². The Bertz CT molecular complexity index is 1140. The molecule has 1 unspecified atom stereocenters. The maximum Gasteiger partial charge on any atom is 0.237 e. The molecule has 1 aliphatic rings. The summed E-state index contributed by atoms with van der Waals surface area (Å²) in [5.74, 6) is 1.55. The van der Waals surface area contributed by atoms with Gasteiger partial charge in [0.1, 0.15) is 11.6 Å². The monoisotopic (exact) mass is 451 g/mol. The van der Waals surface area contributed by atoms with Crippen LogP contribution in [0.4, 0.5) is 11.4 Å². The van der Waals surface area contributed by atoms with Gasteiger partial charge in [0.15, 0.2) is 5.16 Å². The highest BCUT2D eigenvalue weighted by Crippen LogP contribution is 2.41. The summed E-state index contributed by atoms with van der Waals surface area (Å²) in [4.78, 5) is 24.3. The topological polar surface area (TPSA) is 98.1 Å². The number of rotatable bonds is 8. The van der Waals surface area contributed by atoms with E-state index in [2.05, 4.69) is 20.8 Å². The minimum atomic E-state index is -0.423. The van der Waals surface area contributed by atoms with Gasteiger partial charge in [-0.2, -0.15) is 0 Å². The molecule has 9 heteroatoms. The van der Waals surface area contributed by atoms with E-state index in [1.165, 1.54) is 18.7 Å².